The third-order valence-electron chi connectivity index (χ3n) is 2.81. The van der Waals surface area contributed by atoms with Crippen molar-refractivity contribution in [3.63, 3.8) is 0 Å². The molecule has 6 nitrogen and oxygen atoms in total. The van der Waals surface area contributed by atoms with E-state index >= 15 is 0 Å². The van der Waals surface area contributed by atoms with Crippen LogP contribution in [0.4, 0.5) is 0 Å². The van der Waals surface area contributed by atoms with Crippen LogP contribution in [0.15, 0.2) is 29.2 Å². The molecule has 112 valence electrons. The summed E-state index contributed by atoms with van der Waals surface area (Å²) in [4.78, 5) is 12.0. The van der Waals surface area contributed by atoms with Gasteiger partial charge in [0.2, 0.25) is 10.0 Å². The van der Waals surface area contributed by atoms with Gasteiger partial charge in [0.15, 0.2) is 0 Å². The average Bonchev–Trinajstić information content (AvgIpc) is 2.44. The second-order valence-corrected chi connectivity index (χ2v) is 6.05. The highest BCUT2D eigenvalue weighted by molar-refractivity contribution is 7.89. The predicted octanol–water partition coefficient (Wildman–Crippen LogP) is 0.485. The Kier molecular flexibility index (Phi) is 6.12. The van der Waals surface area contributed by atoms with E-state index in [0.29, 0.717) is 18.5 Å². The molecule has 0 aliphatic rings. The zero-order valence-corrected chi connectivity index (χ0v) is 12.4. The van der Waals surface area contributed by atoms with Gasteiger partial charge in [-0.15, -0.1) is 0 Å². The van der Waals surface area contributed by atoms with E-state index in [1.54, 1.807) is 6.92 Å². The van der Waals surface area contributed by atoms with Crippen molar-refractivity contribution in [1.82, 2.24) is 10.0 Å². The van der Waals surface area contributed by atoms with Gasteiger partial charge >= 0.3 is 0 Å². The largest absolute Gasteiger partial charge is 0.394 e. The third kappa shape index (κ3) is 4.29. The summed E-state index contributed by atoms with van der Waals surface area (Å²) < 4.78 is 25.9. The number of sulfonamides is 1. The minimum absolute atomic E-state index is 0.116. The summed E-state index contributed by atoms with van der Waals surface area (Å²) in [5.74, 6) is -0.335. The van der Waals surface area contributed by atoms with E-state index in [-0.39, 0.29) is 23.5 Å². The number of aliphatic hydroxyl groups is 1. The summed E-state index contributed by atoms with van der Waals surface area (Å²) in [6, 6.07) is 5.36. The van der Waals surface area contributed by atoms with Crippen LogP contribution < -0.4 is 10.0 Å². The van der Waals surface area contributed by atoms with Crippen molar-refractivity contribution >= 4 is 15.9 Å². The zero-order chi connectivity index (χ0) is 15.2. The molecule has 0 radical (unpaired) electrons. The molecular weight excluding hydrogens is 280 g/mol. The van der Waals surface area contributed by atoms with Crippen LogP contribution in [0.5, 0.6) is 0 Å². The topological polar surface area (TPSA) is 95.5 Å². The predicted molar refractivity (Wildman–Crippen MR) is 75.9 cm³/mol. The number of carbonyl (C=O) groups is 1. The molecule has 20 heavy (non-hydrogen) atoms. The van der Waals surface area contributed by atoms with Crippen LogP contribution in [-0.2, 0) is 10.0 Å². The van der Waals surface area contributed by atoms with Gasteiger partial charge in [0.25, 0.3) is 5.91 Å². The highest BCUT2D eigenvalue weighted by Gasteiger charge is 2.15. The van der Waals surface area contributed by atoms with Gasteiger partial charge in [-0.3, -0.25) is 4.79 Å². The van der Waals surface area contributed by atoms with Gasteiger partial charge in [0, 0.05) is 12.1 Å². The second-order valence-electron chi connectivity index (χ2n) is 4.29. The lowest BCUT2D eigenvalue weighted by Crippen LogP contribution is -2.36. The highest BCUT2D eigenvalue weighted by Crippen LogP contribution is 2.10. The molecule has 0 aliphatic carbocycles. The van der Waals surface area contributed by atoms with E-state index in [1.807, 2.05) is 6.92 Å². The Bertz CT molecular complexity index is 536. The number of aliphatic hydroxyl groups excluding tert-OH is 1. The van der Waals surface area contributed by atoms with E-state index in [1.165, 1.54) is 24.3 Å². The molecule has 0 heterocycles. The maximum atomic E-state index is 11.9. The number of hydrogen-bond acceptors (Lipinski definition) is 4. The maximum Gasteiger partial charge on any atom is 0.251 e. The van der Waals surface area contributed by atoms with Crippen molar-refractivity contribution in [3.05, 3.63) is 29.8 Å². The summed E-state index contributed by atoms with van der Waals surface area (Å²) in [5, 5.41) is 11.7. The van der Waals surface area contributed by atoms with Gasteiger partial charge in [-0.2, -0.15) is 0 Å². The molecule has 0 spiro atoms. The molecule has 1 amide bonds. The molecule has 0 saturated heterocycles. The second kappa shape index (κ2) is 7.37. The first-order valence-electron chi connectivity index (χ1n) is 6.46. The standard InChI is InChI=1S/C13H20N2O4S/c1-3-11(9-16)15-13(17)10-5-7-12(8-6-10)20(18,19)14-4-2/h5-8,11,14,16H,3-4,9H2,1-2H3,(H,15,17). The molecule has 0 aliphatic heterocycles. The van der Waals surface area contributed by atoms with Crippen molar-refractivity contribution in [1.29, 1.82) is 0 Å². The fourth-order valence-electron chi connectivity index (χ4n) is 1.60. The van der Waals surface area contributed by atoms with Crippen LogP contribution in [0, 0.1) is 0 Å². The Balaban J connectivity index is 2.84. The van der Waals surface area contributed by atoms with Crippen LogP contribution in [0.2, 0.25) is 0 Å². The van der Waals surface area contributed by atoms with Gasteiger partial charge in [-0.05, 0) is 30.7 Å². The number of amides is 1. The lowest BCUT2D eigenvalue weighted by Gasteiger charge is -2.14. The summed E-state index contributed by atoms with van der Waals surface area (Å²) in [6.07, 6.45) is 0.620. The molecule has 0 saturated carbocycles. The number of hydrogen-bond donors (Lipinski definition) is 3. The third-order valence-corrected chi connectivity index (χ3v) is 4.37. The van der Waals surface area contributed by atoms with Gasteiger partial charge in [0.05, 0.1) is 17.5 Å². The Morgan fingerprint density at radius 2 is 1.85 bits per heavy atom. The van der Waals surface area contributed by atoms with Crippen LogP contribution in [0.25, 0.3) is 0 Å². The fraction of sp³-hybridized carbons (Fsp3) is 0.462. The van der Waals surface area contributed by atoms with Gasteiger partial charge in [-0.1, -0.05) is 13.8 Å². The maximum absolute atomic E-state index is 11.9. The first-order chi connectivity index (χ1) is 9.44. The molecule has 1 rings (SSSR count). The number of rotatable bonds is 7. The van der Waals surface area contributed by atoms with E-state index in [0.717, 1.165) is 0 Å². The van der Waals surface area contributed by atoms with Crippen molar-refractivity contribution in [2.45, 2.75) is 31.2 Å². The normalized spacial score (nSPS) is 12.9. The lowest BCUT2D eigenvalue weighted by molar-refractivity contribution is 0.0915. The first kappa shape index (κ1) is 16.6. The van der Waals surface area contributed by atoms with E-state index in [2.05, 4.69) is 10.0 Å². The molecule has 1 aromatic carbocycles. The molecule has 1 atom stereocenters. The number of nitrogens with one attached hydrogen (secondary N) is 2. The Morgan fingerprint density at radius 3 is 2.30 bits per heavy atom. The minimum atomic E-state index is -3.51. The zero-order valence-electron chi connectivity index (χ0n) is 11.6. The monoisotopic (exact) mass is 300 g/mol. The van der Waals surface area contributed by atoms with Crippen molar-refractivity contribution in [2.75, 3.05) is 13.2 Å². The molecular formula is C13H20N2O4S. The molecule has 0 bridgehead atoms. The van der Waals surface area contributed by atoms with E-state index < -0.39 is 10.0 Å². The quantitative estimate of drug-likeness (QED) is 0.683. The first-order valence-corrected chi connectivity index (χ1v) is 7.94. The Labute approximate surface area is 119 Å². The number of carbonyl (C=O) groups excluding carboxylic acids is 1. The van der Waals surface area contributed by atoms with Gasteiger partial charge in [-0.25, -0.2) is 13.1 Å². The van der Waals surface area contributed by atoms with E-state index in [4.69, 9.17) is 5.11 Å². The average molecular weight is 300 g/mol. The van der Waals surface area contributed by atoms with Crippen molar-refractivity contribution < 1.29 is 18.3 Å². The van der Waals surface area contributed by atoms with E-state index in [9.17, 15) is 13.2 Å². The molecule has 1 aromatic rings. The Morgan fingerprint density at radius 1 is 1.25 bits per heavy atom. The summed E-state index contributed by atoms with van der Waals surface area (Å²) in [5.41, 5.74) is 0.354. The molecule has 0 fully saturated rings. The van der Waals surface area contributed by atoms with Crippen LogP contribution in [-0.4, -0.2) is 38.6 Å². The molecule has 3 N–H and O–H groups in total. The lowest BCUT2D eigenvalue weighted by atomic mass is 10.2. The van der Waals surface area contributed by atoms with Crippen LogP contribution >= 0.6 is 0 Å². The minimum Gasteiger partial charge on any atom is -0.394 e. The highest BCUT2D eigenvalue weighted by atomic mass is 32.2. The van der Waals surface area contributed by atoms with Crippen LogP contribution in [0.1, 0.15) is 30.6 Å². The molecule has 7 heteroatoms. The smallest absolute Gasteiger partial charge is 0.251 e. The van der Waals surface area contributed by atoms with Crippen LogP contribution in [0.3, 0.4) is 0 Å². The summed E-state index contributed by atoms with van der Waals surface area (Å²) in [7, 11) is -3.51. The van der Waals surface area contributed by atoms with Crippen molar-refractivity contribution in [2.24, 2.45) is 0 Å². The Hall–Kier alpha value is -1.44. The molecule has 0 aromatic heterocycles. The summed E-state index contributed by atoms with van der Waals surface area (Å²) >= 11 is 0. The van der Waals surface area contributed by atoms with Gasteiger partial charge in [0.1, 0.15) is 0 Å². The molecule has 1 unspecified atom stereocenters. The van der Waals surface area contributed by atoms with Gasteiger partial charge < -0.3 is 10.4 Å². The SMILES string of the molecule is CCNS(=O)(=O)c1ccc(C(=O)NC(CC)CO)cc1. The fourth-order valence-corrected chi connectivity index (χ4v) is 2.65. The number of benzene rings is 1. The summed E-state index contributed by atoms with van der Waals surface area (Å²) in [6.45, 7) is 3.72. The van der Waals surface area contributed by atoms with Crippen molar-refractivity contribution in [3.8, 4) is 0 Å².